The van der Waals surface area contributed by atoms with Gasteiger partial charge in [0.1, 0.15) is 0 Å². The van der Waals surface area contributed by atoms with E-state index in [-0.39, 0.29) is 5.56 Å². The zero-order valence-corrected chi connectivity index (χ0v) is 17.8. The number of benzene rings is 6. The Morgan fingerprint density at radius 3 is 1.79 bits per heavy atom. The summed E-state index contributed by atoms with van der Waals surface area (Å²) >= 11 is 0. The molecule has 0 spiro atoms. The van der Waals surface area contributed by atoms with Crippen molar-refractivity contribution in [2.24, 2.45) is 0 Å². The van der Waals surface area contributed by atoms with Crippen LogP contribution < -0.4 is 5.56 Å². The van der Waals surface area contributed by atoms with Gasteiger partial charge in [0.2, 0.25) is 0 Å². The summed E-state index contributed by atoms with van der Waals surface area (Å²) in [6, 6.07) is 39.5. The molecule has 1 aromatic heterocycles. The molecule has 1 heterocycles. The van der Waals surface area contributed by atoms with Crippen LogP contribution in [0.2, 0.25) is 0 Å². The van der Waals surface area contributed by atoms with Crippen LogP contribution in [-0.2, 0) is 0 Å². The van der Waals surface area contributed by atoms with Gasteiger partial charge in [-0.05, 0) is 56.6 Å². The van der Waals surface area contributed by atoms with Gasteiger partial charge in [0, 0.05) is 21.8 Å². The van der Waals surface area contributed by atoms with E-state index in [2.05, 4.69) is 78.9 Å². The van der Waals surface area contributed by atoms with Gasteiger partial charge in [0.15, 0.2) is 0 Å². The molecule has 0 aliphatic rings. The zero-order chi connectivity index (χ0) is 21.9. The van der Waals surface area contributed by atoms with Crippen molar-refractivity contribution < 1.29 is 0 Å². The third kappa shape index (κ3) is 2.58. The van der Waals surface area contributed by atoms with Crippen molar-refractivity contribution >= 4 is 54.0 Å². The van der Waals surface area contributed by atoms with Crippen LogP contribution in [0, 0.1) is 0 Å². The van der Waals surface area contributed by atoms with E-state index in [0.717, 1.165) is 54.3 Å². The smallest absolute Gasteiger partial charge is 0.263 e. The van der Waals surface area contributed by atoms with Gasteiger partial charge in [-0.1, -0.05) is 91.0 Å². The van der Waals surface area contributed by atoms with Gasteiger partial charge >= 0.3 is 0 Å². The second kappa shape index (κ2) is 6.78. The molecule has 2 heteroatoms. The topological polar surface area (TPSA) is 22.0 Å². The lowest BCUT2D eigenvalue weighted by Crippen LogP contribution is -2.19. The average Bonchev–Trinajstić information content (AvgIpc) is 2.88. The third-order valence-corrected chi connectivity index (χ3v) is 6.75. The fraction of sp³-hybridized carbons (Fsp3) is 0. The summed E-state index contributed by atoms with van der Waals surface area (Å²) in [4.78, 5) is 14.0. The predicted molar refractivity (Wildman–Crippen MR) is 140 cm³/mol. The standard InChI is InChI=1S/C31H19NO/c33-31-27-17-14-21-8-3-5-11-25(21)29(27)30-26-12-6-4-9-22(26)15-18-28(30)32(31)24-16-13-20-7-1-2-10-23(20)19-24/h1-19H. The maximum Gasteiger partial charge on any atom is 0.263 e. The molecule has 7 aromatic rings. The zero-order valence-electron chi connectivity index (χ0n) is 17.8. The Labute approximate surface area is 189 Å². The molecule has 0 aliphatic heterocycles. The van der Waals surface area contributed by atoms with Gasteiger partial charge in [0.25, 0.3) is 5.56 Å². The summed E-state index contributed by atoms with van der Waals surface area (Å²) in [7, 11) is 0. The van der Waals surface area contributed by atoms with Crippen molar-refractivity contribution in [1.82, 2.24) is 4.57 Å². The Kier molecular flexibility index (Phi) is 3.73. The first-order valence-corrected chi connectivity index (χ1v) is 11.2. The second-order valence-electron chi connectivity index (χ2n) is 8.56. The first-order valence-electron chi connectivity index (χ1n) is 11.2. The quantitative estimate of drug-likeness (QED) is 0.250. The Morgan fingerprint density at radius 2 is 1.03 bits per heavy atom. The Hall–Kier alpha value is -4.43. The van der Waals surface area contributed by atoms with Crippen LogP contribution in [0.1, 0.15) is 0 Å². The van der Waals surface area contributed by atoms with E-state index in [4.69, 9.17) is 0 Å². The molecule has 0 saturated heterocycles. The van der Waals surface area contributed by atoms with Gasteiger partial charge in [-0.25, -0.2) is 0 Å². The van der Waals surface area contributed by atoms with Gasteiger partial charge in [0.05, 0.1) is 5.52 Å². The lowest BCUT2D eigenvalue weighted by Gasteiger charge is -2.17. The largest absolute Gasteiger partial charge is 0.276 e. The number of hydrogen-bond donors (Lipinski definition) is 0. The molecular formula is C31H19NO. The molecule has 0 unspecified atom stereocenters. The monoisotopic (exact) mass is 421 g/mol. The van der Waals surface area contributed by atoms with Crippen molar-refractivity contribution in [3.05, 3.63) is 126 Å². The van der Waals surface area contributed by atoms with Crippen molar-refractivity contribution in [3.8, 4) is 5.69 Å². The van der Waals surface area contributed by atoms with Crippen LogP contribution in [0.25, 0.3) is 59.7 Å². The molecule has 0 saturated carbocycles. The van der Waals surface area contributed by atoms with Crippen molar-refractivity contribution in [2.45, 2.75) is 0 Å². The summed E-state index contributed by atoms with van der Waals surface area (Å²) in [5.74, 6) is 0. The lowest BCUT2D eigenvalue weighted by molar-refractivity contribution is 1.07. The van der Waals surface area contributed by atoms with Crippen LogP contribution in [-0.4, -0.2) is 4.57 Å². The SMILES string of the molecule is O=c1c2ccc3ccccc3c2c2c3ccccc3ccc2n1-c1ccc2ccccc2c1. The molecule has 154 valence electrons. The Morgan fingerprint density at radius 1 is 0.455 bits per heavy atom. The Bertz CT molecular complexity index is 1950. The predicted octanol–water partition coefficient (Wildman–Crippen LogP) is 7.60. The van der Waals surface area contributed by atoms with Crippen LogP contribution >= 0.6 is 0 Å². The molecule has 0 N–H and O–H groups in total. The van der Waals surface area contributed by atoms with Gasteiger partial charge in [-0.15, -0.1) is 0 Å². The summed E-state index contributed by atoms with van der Waals surface area (Å²) in [6.45, 7) is 0. The van der Waals surface area contributed by atoms with Gasteiger partial charge < -0.3 is 0 Å². The van der Waals surface area contributed by atoms with Crippen molar-refractivity contribution in [2.75, 3.05) is 0 Å². The summed E-state index contributed by atoms with van der Waals surface area (Å²) < 4.78 is 1.88. The highest BCUT2D eigenvalue weighted by atomic mass is 16.1. The summed E-state index contributed by atoms with van der Waals surface area (Å²) in [5, 5.41) is 9.75. The second-order valence-corrected chi connectivity index (χ2v) is 8.56. The highest BCUT2D eigenvalue weighted by molar-refractivity contribution is 6.26. The lowest BCUT2D eigenvalue weighted by atomic mass is 9.95. The Balaban J connectivity index is 1.76. The molecule has 0 bridgehead atoms. The average molecular weight is 421 g/mol. The minimum Gasteiger partial charge on any atom is -0.276 e. The molecule has 6 aromatic carbocycles. The number of rotatable bonds is 1. The highest BCUT2D eigenvalue weighted by Crippen LogP contribution is 2.36. The molecule has 7 rings (SSSR count). The maximum atomic E-state index is 14.0. The molecule has 2 nitrogen and oxygen atoms in total. The van der Waals surface area contributed by atoms with Crippen LogP contribution in [0.4, 0.5) is 0 Å². The fourth-order valence-electron chi connectivity index (χ4n) is 5.23. The first-order chi connectivity index (χ1) is 16.3. The molecule has 0 fully saturated rings. The minimum absolute atomic E-state index is 0.00816. The normalized spacial score (nSPS) is 11.8. The van der Waals surface area contributed by atoms with Crippen LogP contribution in [0.15, 0.2) is 120 Å². The molecule has 0 aliphatic carbocycles. The van der Waals surface area contributed by atoms with E-state index in [1.165, 1.54) is 5.39 Å². The number of fused-ring (bicyclic) bond motifs is 8. The fourth-order valence-corrected chi connectivity index (χ4v) is 5.23. The van der Waals surface area contributed by atoms with E-state index in [0.29, 0.717) is 0 Å². The van der Waals surface area contributed by atoms with Crippen molar-refractivity contribution in [1.29, 1.82) is 0 Å². The number of pyridine rings is 1. The highest BCUT2D eigenvalue weighted by Gasteiger charge is 2.16. The van der Waals surface area contributed by atoms with Gasteiger partial charge in [-0.3, -0.25) is 9.36 Å². The van der Waals surface area contributed by atoms with E-state index < -0.39 is 0 Å². The summed E-state index contributed by atoms with van der Waals surface area (Å²) in [6.07, 6.45) is 0. The van der Waals surface area contributed by atoms with Crippen LogP contribution in [0.5, 0.6) is 0 Å². The molecule has 33 heavy (non-hydrogen) atoms. The third-order valence-electron chi connectivity index (χ3n) is 6.75. The molecular weight excluding hydrogens is 402 g/mol. The van der Waals surface area contributed by atoms with Crippen molar-refractivity contribution in [3.63, 3.8) is 0 Å². The number of hydrogen-bond acceptors (Lipinski definition) is 1. The van der Waals surface area contributed by atoms with E-state index >= 15 is 0 Å². The first kappa shape index (κ1) is 18.2. The van der Waals surface area contributed by atoms with E-state index in [9.17, 15) is 4.79 Å². The van der Waals surface area contributed by atoms with E-state index in [1.54, 1.807) is 0 Å². The van der Waals surface area contributed by atoms with Gasteiger partial charge in [-0.2, -0.15) is 0 Å². The number of aromatic nitrogens is 1. The number of nitrogens with zero attached hydrogens (tertiary/aromatic N) is 1. The molecule has 0 atom stereocenters. The minimum atomic E-state index is 0.00816. The van der Waals surface area contributed by atoms with Crippen LogP contribution in [0.3, 0.4) is 0 Å². The molecule has 0 amide bonds. The summed E-state index contributed by atoms with van der Waals surface area (Å²) in [5.41, 5.74) is 1.82. The maximum absolute atomic E-state index is 14.0. The van der Waals surface area contributed by atoms with E-state index in [1.807, 2.05) is 41.0 Å². The molecule has 0 radical (unpaired) electrons.